The molecule has 0 amide bonds. The average molecular weight is 430 g/mol. The second-order valence-corrected chi connectivity index (χ2v) is 8.62. The normalized spacial score (nSPS) is 12.0. The lowest BCUT2D eigenvalue weighted by Crippen LogP contribution is -2.21. The van der Waals surface area contributed by atoms with Gasteiger partial charge in [0.1, 0.15) is 4.88 Å². The minimum absolute atomic E-state index is 0.0284. The van der Waals surface area contributed by atoms with Crippen molar-refractivity contribution in [1.29, 1.82) is 0 Å². The summed E-state index contributed by atoms with van der Waals surface area (Å²) in [5.74, 6) is -1.13. The third-order valence-corrected chi connectivity index (χ3v) is 6.54. The molecule has 2 aromatic carbocycles. The zero-order chi connectivity index (χ0) is 21.0. The van der Waals surface area contributed by atoms with E-state index in [0.29, 0.717) is 5.69 Å². The van der Waals surface area contributed by atoms with Gasteiger partial charge in [0, 0.05) is 4.88 Å². The van der Waals surface area contributed by atoms with Crippen molar-refractivity contribution in [3.8, 4) is 10.4 Å². The molecule has 1 unspecified atom stereocenters. The van der Waals surface area contributed by atoms with E-state index in [0.717, 1.165) is 50.9 Å². The van der Waals surface area contributed by atoms with Gasteiger partial charge in [-0.3, -0.25) is 4.55 Å². The smallest absolute Gasteiger partial charge is 0.348 e. The van der Waals surface area contributed by atoms with Crippen molar-refractivity contribution in [3.05, 3.63) is 70.6 Å². The quantitative estimate of drug-likeness (QED) is 0.428. The zero-order valence-electron chi connectivity index (χ0n) is 16.3. The standard InChI is InChI=1S/C22H23NO4S2/c1-3-4-8-16-10-12-17(13-11-16)20-14-19(21(28-20)22(24)25)23(29(26)27)18-9-6-5-7-15(18)2/h5-7,9-14H,3-4,8H2,1-2H3,(H,24,25)(H,26,27). The van der Waals surface area contributed by atoms with Crippen molar-refractivity contribution < 1.29 is 18.7 Å². The van der Waals surface area contributed by atoms with Crippen LogP contribution in [-0.4, -0.2) is 19.8 Å². The van der Waals surface area contributed by atoms with E-state index in [1.54, 1.807) is 18.2 Å². The number of carboxylic acid groups (broad SMARTS) is 1. The number of para-hydroxylation sites is 1. The molecule has 0 aliphatic carbocycles. The predicted octanol–water partition coefficient (Wildman–Crippen LogP) is 6.04. The molecule has 3 rings (SSSR count). The Labute approximate surface area is 177 Å². The second-order valence-electron chi connectivity index (χ2n) is 6.74. The van der Waals surface area contributed by atoms with Crippen molar-refractivity contribution in [2.24, 2.45) is 0 Å². The molecular formula is C22H23NO4S2. The first-order chi connectivity index (χ1) is 13.9. The van der Waals surface area contributed by atoms with Gasteiger partial charge in [-0.25, -0.2) is 13.3 Å². The second kappa shape index (κ2) is 9.35. The van der Waals surface area contributed by atoms with Crippen molar-refractivity contribution >= 4 is 39.9 Å². The number of aromatic carboxylic acids is 1. The Morgan fingerprint density at radius 3 is 2.38 bits per heavy atom. The number of nitrogens with zero attached hydrogens (tertiary/aromatic N) is 1. The summed E-state index contributed by atoms with van der Waals surface area (Å²) in [7, 11) is 0. The van der Waals surface area contributed by atoms with Crippen LogP contribution in [0.2, 0.25) is 0 Å². The summed E-state index contributed by atoms with van der Waals surface area (Å²) < 4.78 is 23.3. The van der Waals surface area contributed by atoms with Crippen molar-refractivity contribution in [2.75, 3.05) is 4.31 Å². The molecule has 0 aliphatic heterocycles. The third kappa shape index (κ3) is 4.75. The monoisotopic (exact) mass is 429 g/mol. The molecule has 0 radical (unpaired) electrons. The number of carbonyl (C=O) groups is 1. The summed E-state index contributed by atoms with van der Waals surface area (Å²) in [6.45, 7) is 3.97. The number of rotatable bonds is 8. The van der Waals surface area contributed by atoms with Gasteiger partial charge < -0.3 is 5.11 Å². The minimum atomic E-state index is -2.42. The Balaban J connectivity index is 2.05. The van der Waals surface area contributed by atoms with Crippen LogP contribution in [0, 0.1) is 6.92 Å². The fourth-order valence-electron chi connectivity index (χ4n) is 3.13. The summed E-state index contributed by atoms with van der Waals surface area (Å²) in [5, 5.41) is 9.72. The number of thiophene rings is 1. The Bertz CT molecular complexity index is 1030. The Hall–Kier alpha value is -2.48. The Morgan fingerprint density at radius 1 is 1.10 bits per heavy atom. The highest BCUT2D eigenvalue weighted by Crippen LogP contribution is 2.41. The molecule has 5 nitrogen and oxygen atoms in total. The molecule has 1 aromatic heterocycles. The minimum Gasteiger partial charge on any atom is -0.477 e. The summed E-state index contributed by atoms with van der Waals surface area (Å²) in [4.78, 5) is 12.7. The maximum atomic E-state index is 12.2. The molecule has 1 heterocycles. The van der Waals surface area contributed by atoms with Crippen molar-refractivity contribution in [1.82, 2.24) is 0 Å². The molecule has 0 fully saturated rings. The Morgan fingerprint density at radius 2 is 1.79 bits per heavy atom. The van der Waals surface area contributed by atoms with E-state index in [1.807, 2.05) is 43.3 Å². The number of anilines is 2. The average Bonchev–Trinajstić information content (AvgIpc) is 3.13. The molecule has 0 aliphatic rings. The highest BCUT2D eigenvalue weighted by atomic mass is 32.2. The van der Waals surface area contributed by atoms with E-state index in [9.17, 15) is 18.7 Å². The first kappa shape index (κ1) is 21.2. The van der Waals surface area contributed by atoms with Gasteiger partial charge >= 0.3 is 5.97 Å². The van der Waals surface area contributed by atoms with Crippen LogP contribution in [0.15, 0.2) is 54.6 Å². The van der Waals surface area contributed by atoms with Gasteiger partial charge in [0.2, 0.25) is 0 Å². The predicted molar refractivity (Wildman–Crippen MR) is 119 cm³/mol. The lowest BCUT2D eigenvalue weighted by Gasteiger charge is -2.21. The molecule has 1 atom stereocenters. The van der Waals surface area contributed by atoms with Gasteiger partial charge in [-0.1, -0.05) is 55.8 Å². The molecule has 29 heavy (non-hydrogen) atoms. The van der Waals surface area contributed by atoms with Crippen LogP contribution in [-0.2, 0) is 17.7 Å². The highest BCUT2D eigenvalue weighted by Gasteiger charge is 2.26. The number of aryl methyl sites for hydroxylation is 2. The number of hydrogen-bond donors (Lipinski definition) is 2. The van der Waals surface area contributed by atoms with E-state index < -0.39 is 17.2 Å². The fourth-order valence-corrected chi connectivity index (χ4v) is 4.86. The van der Waals surface area contributed by atoms with Gasteiger partial charge in [-0.05, 0) is 48.6 Å². The number of hydrogen-bond acceptors (Lipinski definition) is 3. The van der Waals surface area contributed by atoms with Gasteiger partial charge in [0.25, 0.3) is 11.3 Å². The van der Waals surface area contributed by atoms with Crippen LogP contribution >= 0.6 is 11.3 Å². The molecule has 2 N–H and O–H groups in total. The molecule has 3 aromatic rings. The lowest BCUT2D eigenvalue weighted by atomic mass is 10.1. The van der Waals surface area contributed by atoms with E-state index >= 15 is 0 Å². The van der Waals surface area contributed by atoms with Gasteiger partial charge in [-0.2, -0.15) is 0 Å². The Kier molecular flexibility index (Phi) is 6.84. The highest BCUT2D eigenvalue weighted by molar-refractivity contribution is 7.81. The topological polar surface area (TPSA) is 77.8 Å². The summed E-state index contributed by atoms with van der Waals surface area (Å²) in [6.07, 6.45) is 3.27. The van der Waals surface area contributed by atoms with E-state index in [-0.39, 0.29) is 10.6 Å². The molecule has 0 saturated carbocycles. The first-order valence-corrected chi connectivity index (χ1v) is 11.2. The number of unbranched alkanes of at least 4 members (excludes halogenated alkanes) is 1. The van der Waals surface area contributed by atoms with E-state index in [1.165, 1.54) is 5.56 Å². The SMILES string of the molecule is CCCCc1ccc(-c2cc(N(c3ccccc3C)S(=O)O)c(C(=O)O)s2)cc1. The van der Waals surface area contributed by atoms with Crippen LogP contribution in [0.5, 0.6) is 0 Å². The van der Waals surface area contributed by atoms with Gasteiger partial charge in [0.15, 0.2) is 0 Å². The third-order valence-electron chi connectivity index (χ3n) is 4.67. The van der Waals surface area contributed by atoms with Gasteiger partial charge in [-0.15, -0.1) is 11.3 Å². The fraction of sp³-hybridized carbons (Fsp3) is 0.227. The molecule has 0 bridgehead atoms. The number of carboxylic acids is 1. The molecule has 152 valence electrons. The maximum absolute atomic E-state index is 12.2. The van der Waals surface area contributed by atoms with E-state index in [4.69, 9.17) is 0 Å². The largest absolute Gasteiger partial charge is 0.477 e. The molecule has 0 saturated heterocycles. The summed E-state index contributed by atoms with van der Waals surface area (Å²) in [5.41, 5.74) is 3.61. The molecular weight excluding hydrogens is 406 g/mol. The zero-order valence-corrected chi connectivity index (χ0v) is 17.9. The summed E-state index contributed by atoms with van der Waals surface area (Å²) in [6, 6.07) is 16.8. The van der Waals surface area contributed by atoms with Crippen molar-refractivity contribution in [2.45, 2.75) is 33.1 Å². The lowest BCUT2D eigenvalue weighted by molar-refractivity contribution is 0.0703. The molecule has 0 spiro atoms. The van der Waals surface area contributed by atoms with Crippen molar-refractivity contribution in [3.63, 3.8) is 0 Å². The van der Waals surface area contributed by atoms with Crippen LogP contribution in [0.4, 0.5) is 11.4 Å². The first-order valence-electron chi connectivity index (χ1n) is 9.35. The van der Waals surface area contributed by atoms with Crippen LogP contribution in [0.1, 0.15) is 40.6 Å². The van der Waals surface area contributed by atoms with Crippen LogP contribution < -0.4 is 4.31 Å². The maximum Gasteiger partial charge on any atom is 0.348 e. The number of benzene rings is 2. The molecule has 7 heteroatoms. The van der Waals surface area contributed by atoms with Crippen LogP contribution in [0.3, 0.4) is 0 Å². The van der Waals surface area contributed by atoms with E-state index in [2.05, 4.69) is 6.92 Å². The van der Waals surface area contributed by atoms with Gasteiger partial charge in [0.05, 0.1) is 11.4 Å². The van der Waals surface area contributed by atoms with Crippen LogP contribution in [0.25, 0.3) is 10.4 Å². The summed E-state index contributed by atoms with van der Waals surface area (Å²) >= 11 is -1.31.